The van der Waals surface area contributed by atoms with E-state index in [2.05, 4.69) is 5.32 Å². The molecule has 1 rings (SSSR count). The molecule has 2 nitrogen and oxygen atoms in total. The molecule has 4 heteroatoms. The molecule has 0 atom stereocenters. The summed E-state index contributed by atoms with van der Waals surface area (Å²) in [6.07, 6.45) is 0.678. The molecule has 0 aromatic rings. The van der Waals surface area contributed by atoms with Crippen molar-refractivity contribution in [1.82, 2.24) is 5.32 Å². The van der Waals surface area contributed by atoms with Gasteiger partial charge in [0.1, 0.15) is 0 Å². The first-order valence-corrected chi connectivity index (χ1v) is 5.39. The molecule has 1 amide bonds. The van der Waals surface area contributed by atoms with Crippen molar-refractivity contribution in [3.8, 4) is 0 Å². The van der Waals surface area contributed by atoms with Crippen molar-refractivity contribution < 1.29 is 4.79 Å². The van der Waals surface area contributed by atoms with E-state index in [-0.39, 0.29) is 5.91 Å². The van der Waals surface area contributed by atoms with E-state index in [1.54, 1.807) is 10.8 Å². The van der Waals surface area contributed by atoms with Gasteiger partial charge in [-0.3, -0.25) is 4.79 Å². The first-order valence-electron chi connectivity index (χ1n) is 2.91. The van der Waals surface area contributed by atoms with Gasteiger partial charge in [0.15, 0.2) is 0 Å². The molecule has 1 N–H and O–H groups in total. The highest BCUT2D eigenvalue weighted by atomic mass is 33.1. The Morgan fingerprint density at radius 2 is 2.11 bits per heavy atom. The third kappa shape index (κ3) is 3.01. The third-order valence-electron chi connectivity index (χ3n) is 1.00. The zero-order chi connectivity index (χ0) is 6.53. The van der Waals surface area contributed by atoms with Crippen LogP contribution in [0.2, 0.25) is 0 Å². The molecule has 0 spiro atoms. The molecule has 52 valence electrons. The van der Waals surface area contributed by atoms with Crippen LogP contribution in [0, 0.1) is 0 Å². The molecule has 1 aliphatic heterocycles. The lowest BCUT2D eigenvalue weighted by Crippen LogP contribution is -2.26. The summed E-state index contributed by atoms with van der Waals surface area (Å²) in [5.74, 6) is 2.19. The number of hydrogen-bond donors (Lipinski definition) is 1. The van der Waals surface area contributed by atoms with Gasteiger partial charge in [0, 0.05) is 24.5 Å². The maximum absolute atomic E-state index is 10.7. The van der Waals surface area contributed by atoms with Gasteiger partial charge in [0.25, 0.3) is 0 Å². The molecule has 0 aromatic carbocycles. The highest BCUT2D eigenvalue weighted by molar-refractivity contribution is 8.76. The quantitative estimate of drug-likeness (QED) is 0.538. The standard InChI is InChI=1S/C5H9NOS2/c7-5-1-3-8-9-4-2-6-5/h1-4H2,(H,6,7). The molecule has 0 radical (unpaired) electrons. The molecule has 1 saturated heterocycles. The topological polar surface area (TPSA) is 29.1 Å². The maximum Gasteiger partial charge on any atom is 0.220 e. The van der Waals surface area contributed by atoms with Gasteiger partial charge in [-0.2, -0.15) is 0 Å². The van der Waals surface area contributed by atoms with E-state index in [9.17, 15) is 4.79 Å². The third-order valence-corrected chi connectivity index (χ3v) is 3.41. The fourth-order valence-corrected chi connectivity index (χ4v) is 2.47. The Morgan fingerprint density at radius 3 is 3.00 bits per heavy atom. The van der Waals surface area contributed by atoms with Crippen molar-refractivity contribution in [1.29, 1.82) is 0 Å². The van der Waals surface area contributed by atoms with Crippen molar-refractivity contribution in [2.24, 2.45) is 0 Å². The number of hydrogen-bond acceptors (Lipinski definition) is 3. The SMILES string of the molecule is O=C1CCSSCCN1. The van der Waals surface area contributed by atoms with Crippen LogP contribution in [0.4, 0.5) is 0 Å². The molecule has 1 heterocycles. The van der Waals surface area contributed by atoms with E-state index in [4.69, 9.17) is 0 Å². The van der Waals surface area contributed by atoms with Crippen LogP contribution in [0.1, 0.15) is 6.42 Å². The van der Waals surface area contributed by atoms with E-state index in [1.165, 1.54) is 0 Å². The zero-order valence-corrected chi connectivity index (χ0v) is 6.69. The summed E-state index contributed by atoms with van der Waals surface area (Å²) in [6, 6.07) is 0. The molecule has 0 bridgehead atoms. The minimum absolute atomic E-state index is 0.197. The van der Waals surface area contributed by atoms with Gasteiger partial charge in [-0.05, 0) is 0 Å². The summed E-state index contributed by atoms with van der Waals surface area (Å²) < 4.78 is 0. The lowest BCUT2D eigenvalue weighted by molar-refractivity contribution is -0.120. The summed E-state index contributed by atoms with van der Waals surface area (Å²) in [5.41, 5.74) is 0. The zero-order valence-electron chi connectivity index (χ0n) is 5.05. The molecule has 0 saturated carbocycles. The number of carbonyl (C=O) groups is 1. The second-order valence-electron chi connectivity index (χ2n) is 1.74. The lowest BCUT2D eigenvalue weighted by Gasteiger charge is -2.07. The Hall–Kier alpha value is 0.170. The second-order valence-corrected chi connectivity index (χ2v) is 4.45. The molecular formula is C5H9NOS2. The van der Waals surface area contributed by atoms with E-state index < -0.39 is 0 Å². The smallest absolute Gasteiger partial charge is 0.220 e. The Balaban J connectivity index is 2.20. The highest BCUT2D eigenvalue weighted by Crippen LogP contribution is 2.21. The first-order chi connectivity index (χ1) is 4.39. The number of amides is 1. The molecular weight excluding hydrogens is 154 g/mol. The van der Waals surface area contributed by atoms with E-state index in [1.807, 2.05) is 10.8 Å². The summed E-state index contributed by atoms with van der Waals surface area (Å²) in [4.78, 5) is 10.7. The number of nitrogens with one attached hydrogen (secondary N) is 1. The Kier molecular flexibility index (Phi) is 3.28. The van der Waals surface area contributed by atoms with Crippen molar-refractivity contribution in [2.45, 2.75) is 6.42 Å². The van der Waals surface area contributed by atoms with Gasteiger partial charge >= 0.3 is 0 Å². The Bertz CT molecular complexity index is 97.1. The van der Waals surface area contributed by atoms with E-state index in [0.29, 0.717) is 6.42 Å². The van der Waals surface area contributed by atoms with Gasteiger partial charge in [0.2, 0.25) is 5.91 Å². The average molecular weight is 163 g/mol. The second kappa shape index (κ2) is 4.06. The molecule has 0 aliphatic carbocycles. The lowest BCUT2D eigenvalue weighted by atomic mass is 10.4. The van der Waals surface area contributed by atoms with Crippen LogP contribution >= 0.6 is 21.6 Å². The average Bonchev–Trinajstić information content (AvgIpc) is 1.79. The fraction of sp³-hybridized carbons (Fsp3) is 0.800. The fourth-order valence-electron chi connectivity index (χ4n) is 0.573. The van der Waals surface area contributed by atoms with Crippen molar-refractivity contribution in [2.75, 3.05) is 18.1 Å². The van der Waals surface area contributed by atoms with Crippen LogP contribution in [0.3, 0.4) is 0 Å². The van der Waals surface area contributed by atoms with Crippen molar-refractivity contribution in [3.05, 3.63) is 0 Å². The van der Waals surface area contributed by atoms with Crippen LogP contribution < -0.4 is 5.32 Å². The van der Waals surface area contributed by atoms with E-state index in [0.717, 1.165) is 18.1 Å². The van der Waals surface area contributed by atoms with Gasteiger partial charge < -0.3 is 5.32 Å². The van der Waals surface area contributed by atoms with Crippen molar-refractivity contribution >= 4 is 27.5 Å². The first kappa shape index (κ1) is 7.28. The molecule has 1 fully saturated rings. The van der Waals surface area contributed by atoms with Gasteiger partial charge in [-0.25, -0.2) is 0 Å². The van der Waals surface area contributed by atoms with Gasteiger partial charge in [0.05, 0.1) is 0 Å². The maximum atomic E-state index is 10.7. The van der Waals surface area contributed by atoms with Crippen molar-refractivity contribution in [3.63, 3.8) is 0 Å². The largest absolute Gasteiger partial charge is 0.355 e. The molecule has 1 aliphatic rings. The Morgan fingerprint density at radius 1 is 1.33 bits per heavy atom. The number of rotatable bonds is 0. The summed E-state index contributed by atoms with van der Waals surface area (Å²) in [5, 5.41) is 2.81. The van der Waals surface area contributed by atoms with Crippen LogP contribution in [0.25, 0.3) is 0 Å². The summed E-state index contributed by atoms with van der Waals surface area (Å²) >= 11 is 0. The minimum atomic E-state index is 0.197. The van der Waals surface area contributed by atoms with Crippen LogP contribution in [-0.4, -0.2) is 24.0 Å². The monoisotopic (exact) mass is 163 g/mol. The summed E-state index contributed by atoms with van der Waals surface area (Å²) in [6.45, 7) is 0.830. The van der Waals surface area contributed by atoms with Gasteiger partial charge in [-0.15, -0.1) is 0 Å². The predicted molar refractivity (Wildman–Crippen MR) is 42.5 cm³/mol. The number of carbonyl (C=O) groups excluding carboxylic acids is 1. The van der Waals surface area contributed by atoms with Crippen LogP contribution in [-0.2, 0) is 4.79 Å². The molecule has 0 aromatic heterocycles. The normalized spacial score (nSPS) is 22.0. The molecule has 9 heavy (non-hydrogen) atoms. The summed E-state index contributed by atoms with van der Waals surface area (Å²) in [7, 11) is 3.62. The Labute approximate surface area is 62.6 Å². The van der Waals surface area contributed by atoms with Crippen LogP contribution in [0.15, 0.2) is 0 Å². The van der Waals surface area contributed by atoms with Crippen LogP contribution in [0.5, 0.6) is 0 Å². The minimum Gasteiger partial charge on any atom is -0.355 e. The highest BCUT2D eigenvalue weighted by Gasteiger charge is 2.03. The van der Waals surface area contributed by atoms with Gasteiger partial charge in [-0.1, -0.05) is 21.6 Å². The van der Waals surface area contributed by atoms with E-state index >= 15 is 0 Å². The molecule has 0 unspecified atom stereocenters. The predicted octanol–water partition coefficient (Wildman–Crippen LogP) is 0.888.